The predicted octanol–water partition coefficient (Wildman–Crippen LogP) is 9.24. The van der Waals surface area contributed by atoms with Crippen LogP contribution in [0.2, 0.25) is 0 Å². The number of hydrogen-bond acceptors (Lipinski definition) is 5. The number of aromatic amines is 1. The SMILES string of the molecule is CCCCc1nc(-c2ccc(OCCCN(CC)CC)cc2)c(-c2ccc(Oc3ccc(NC(=O)c4ccccc4)cc3)cc2)[nH]1. The monoisotopic (exact) mass is 616 g/mol. The molecule has 1 amide bonds. The van der Waals surface area contributed by atoms with Crippen molar-refractivity contribution in [1.82, 2.24) is 14.9 Å². The molecule has 0 atom stereocenters. The summed E-state index contributed by atoms with van der Waals surface area (Å²) in [5, 5.41) is 2.92. The fourth-order valence-electron chi connectivity index (χ4n) is 5.25. The lowest BCUT2D eigenvalue weighted by molar-refractivity contribution is 0.102. The van der Waals surface area contributed by atoms with Crippen LogP contribution in [0.4, 0.5) is 5.69 Å². The van der Waals surface area contributed by atoms with Crippen LogP contribution in [0.15, 0.2) is 103 Å². The fourth-order valence-corrected chi connectivity index (χ4v) is 5.25. The first kappa shape index (κ1) is 32.5. The summed E-state index contributed by atoms with van der Waals surface area (Å²) in [6, 6.07) is 32.8. The van der Waals surface area contributed by atoms with Gasteiger partial charge in [-0.3, -0.25) is 4.79 Å². The molecule has 1 heterocycles. The Labute approximate surface area is 272 Å². The minimum atomic E-state index is -0.147. The van der Waals surface area contributed by atoms with Crippen LogP contribution in [0.1, 0.15) is 56.2 Å². The predicted molar refractivity (Wildman–Crippen MR) is 187 cm³/mol. The maximum Gasteiger partial charge on any atom is 0.255 e. The van der Waals surface area contributed by atoms with Gasteiger partial charge in [-0.1, -0.05) is 45.4 Å². The van der Waals surface area contributed by atoms with Gasteiger partial charge in [-0.2, -0.15) is 0 Å². The van der Waals surface area contributed by atoms with E-state index in [0.29, 0.717) is 23.6 Å². The first-order valence-corrected chi connectivity index (χ1v) is 16.4. The third-order valence-corrected chi connectivity index (χ3v) is 7.96. The van der Waals surface area contributed by atoms with Crippen molar-refractivity contribution in [3.8, 4) is 39.8 Å². The molecule has 238 valence electrons. The van der Waals surface area contributed by atoms with E-state index in [2.05, 4.69) is 60.2 Å². The summed E-state index contributed by atoms with van der Waals surface area (Å²) in [6.45, 7) is 10.5. The van der Waals surface area contributed by atoms with Gasteiger partial charge in [0.1, 0.15) is 23.1 Å². The Morgan fingerprint density at radius 2 is 1.39 bits per heavy atom. The first-order chi connectivity index (χ1) is 22.6. The molecule has 4 aromatic carbocycles. The number of rotatable bonds is 16. The van der Waals surface area contributed by atoms with Crippen molar-refractivity contribution in [3.63, 3.8) is 0 Å². The van der Waals surface area contributed by atoms with Crippen LogP contribution in [0.5, 0.6) is 17.2 Å². The number of imidazole rings is 1. The van der Waals surface area contributed by atoms with Crippen LogP contribution in [0.25, 0.3) is 22.5 Å². The Morgan fingerprint density at radius 1 is 0.761 bits per heavy atom. The summed E-state index contributed by atoms with van der Waals surface area (Å²) in [5.74, 6) is 3.12. The van der Waals surface area contributed by atoms with Gasteiger partial charge in [-0.25, -0.2) is 4.98 Å². The Balaban J connectivity index is 1.24. The molecule has 0 radical (unpaired) electrons. The number of carbonyl (C=O) groups is 1. The molecular weight excluding hydrogens is 572 g/mol. The van der Waals surface area contributed by atoms with Crippen molar-refractivity contribution < 1.29 is 14.3 Å². The summed E-state index contributed by atoms with van der Waals surface area (Å²) in [4.78, 5) is 23.5. The third-order valence-electron chi connectivity index (χ3n) is 7.96. The number of aromatic nitrogens is 2. The van der Waals surface area contributed by atoms with Crippen molar-refractivity contribution in [2.45, 2.75) is 46.5 Å². The van der Waals surface area contributed by atoms with Gasteiger partial charge < -0.3 is 24.7 Å². The lowest BCUT2D eigenvalue weighted by Crippen LogP contribution is -2.25. The number of aryl methyl sites for hydroxylation is 1. The van der Waals surface area contributed by atoms with Crippen LogP contribution in [0, 0.1) is 0 Å². The van der Waals surface area contributed by atoms with Crippen molar-refractivity contribution in [2.75, 3.05) is 31.6 Å². The van der Waals surface area contributed by atoms with Crippen LogP contribution in [0.3, 0.4) is 0 Å². The quantitative estimate of drug-likeness (QED) is 0.108. The molecule has 0 aliphatic heterocycles. The van der Waals surface area contributed by atoms with Crippen LogP contribution >= 0.6 is 0 Å². The highest BCUT2D eigenvalue weighted by Crippen LogP contribution is 2.33. The molecule has 2 N–H and O–H groups in total. The van der Waals surface area contributed by atoms with Gasteiger partial charge in [0.15, 0.2) is 0 Å². The Bertz CT molecular complexity index is 1640. The standard InChI is InChI=1S/C39H44N4O3/c1-4-7-14-36-41-37(29-15-21-33(22-16-29)45-28-11-27-43(5-2)6-3)38(42-36)30-17-23-34(24-18-30)46-35-25-19-32(20-26-35)40-39(44)31-12-9-8-10-13-31/h8-10,12-13,15-26H,4-7,11,14,27-28H2,1-3H3,(H,40,44)(H,41,42). The minimum absolute atomic E-state index is 0.147. The van der Waals surface area contributed by atoms with Gasteiger partial charge in [0.05, 0.1) is 18.0 Å². The highest BCUT2D eigenvalue weighted by Gasteiger charge is 2.15. The Kier molecular flexibility index (Phi) is 11.6. The second-order valence-corrected chi connectivity index (χ2v) is 11.2. The number of amides is 1. The number of unbranched alkanes of at least 4 members (excludes halogenated alkanes) is 1. The number of H-pyrrole nitrogens is 1. The van der Waals surface area contributed by atoms with Gasteiger partial charge in [-0.05, 0) is 111 Å². The molecule has 7 heteroatoms. The number of carbonyl (C=O) groups excluding carboxylic acids is 1. The molecule has 5 aromatic rings. The van der Waals surface area contributed by atoms with E-state index >= 15 is 0 Å². The van der Waals surface area contributed by atoms with Gasteiger partial charge >= 0.3 is 0 Å². The van der Waals surface area contributed by atoms with E-state index < -0.39 is 0 Å². The average molecular weight is 617 g/mol. The zero-order valence-corrected chi connectivity index (χ0v) is 27.1. The largest absolute Gasteiger partial charge is 0.494 e. The lowest BCUT2D eigenvalue weighted by atomic mass is 10.0. The topological polar surface area (TPSA) is 79.5 Å². The number of hydrogen-bond donors (Lipinski definition) is 2. The summed E-state index contributed by atoms with van der Waals surface area (Å²) < 4.78 is 12.1. The van der Waals surface area contributed by atoms with E-state index in [1.165, 1.54) is 0 Å². The second-order valence-electron chi connectivity index (χ2n) is 11.2. The molecule has 1 aromatic heterocycles. The van der Waals surface area contributed by atoms with E-state index in [0.717, 1.165) is 85.2 Å². The Hall–Kier alpha value is -4.88. The molecule has 0 saturated carbocycles. The molecular formula is C39H44N4O3. The summed E-state index contributed by atoms with van der Waals surface area (Å²) in [7, 11) is 0. The molecule has 0 saturated heterocycles. The number of nitrogens with one attached hydrogen (secondary N) is 2. The van der Waals surface area contributed by atoms with Gasteiger partial charge in [0.25, 0.3) is 5.91 Å². The summed E-state index contributed by atoms with van der Waals surface area (Å²) in [5.41, 5.74) is 5.32. The molecule has 0 fully saturated rings. The van der Waals surface area contributed by atoms with E-state index in [9.17, 15) is 4.79 Å². The Morgan fingerprint density at radius 3 is 2.04 bits per heavy atom. The van der Waals surface area contributed by atoms with Gasteiger partial charge in [0, 0.05) is 35.3 Å². The number of anilines is 1. The van der Waals surface area contributed by atoms with Crippen molar-refractivity contribution in [1.29, 1.82) is 0 Å². The number of benzene rings is 4. The highest BCUT2D eigenvalue weighted by atomic mass is 16.5. The van der Waals surface area contributed by atoms with Crippen molar-refractivity contribution >= 4 is 11.6 Å². The summed E-state index contributed by atoms with van der Waals surface area (Å²) >= 11 is 0. The zero-order chi connectivity index (χ0) is 32.1. The van der Waals surface area contributed by atoms with Crippen molar-refractivity contribution in [2.24, 2.45) is 0 Å². The van der Waals surface area contributed by atoms with Crippen LogP contribution in [-0.2, 0) is 6.42 Å². The second kappa shape index (κ2) is 16.4. The molecule has 5 rings (SSSR count). The average Bonchev–Trinajstić information content (AvgIpc) is 3.53. The minimum Gasteiger partial charge on any atom is -0.494 e. The highest BCUT2D eigenvalue weighted by molar-refractivity contribution is 6.04. The van der Waals surface area contributed by atoms with Crippen LogP contribution in [-0.4, -0.2) is 47.0 Å². The fraction of sp³-hybridized carbons (Fsp3) is 0.282. The third kappa shape index (κ3) is 8.86. The summed E-state index contributed by atoms with van der Waals surface area (Å²) in [6.07, 6.45) is 4.10. The molecule has 0 unspecified atom stereocenters. The molecule has 0 bridgehead atoms. The molecule has 0 spiro atoms. The van der Waals surface area contributed by atoms with E-state index in [1.54, 1.807) is 12.1 Å². The number of nitrogens with zero attached hydrogens (tertiary/aromatic N) is 2. The molecule has 0 aliphatic carbocycles. The van der Waals surface area contributed by atoms with Crippen LogP contribution < -0.4 is 14.8 Å². The molecule has 0 aliphatic rings. The lowest BCUT2D eigenvalue weighted by Gasteiger charge is -2.17. The van der Waals surface area contributed by atoms with Crippen molar-refractivity contribution in [3.05, 3.63) is 115 Å². The maximum absolute atomic E-state index is 12.5. The maximum atomic E-state index is 12.5. The zero-order valence-electron chi connectivity index (χ0n) is 27.1. The van der Waals surface area contributed by atoms with E-state index in [4.69, 9.17) is 14.5 Å². The normalized spacial score (nSPS) is 11.0. The molecule has 7 nitrogen and oxygen atoms in total. The molecule has 46 heavy (non-hydrogen) atoms. The van der Waals surface area contributed by atoms with Gasteiger partial charge in [0.2, 0.25) is 0 Å². The van der Waals surface area contributed by atoms with Gasteiger partial charge in [-0.15, -0.1) is 0 Å². The van der Waals surface area contributed by atoms with E-state index in [1.807, 2.05) is 66.7 Å². The first-order valence-electron chi connectivity index (χ1n) is 16.4. The van der Waals surface area contributed by atoms with E-state index in [-0.39, 0.29) is 5.91 Å². The smallest absolute Gasteiger partial charge is 0.255 e. The number of ether oxygens (including phenoxy) is 2.